The van der Waals surface area contributed by atoms with E-state index in [9.17, 15) is 9.66 Å². The topological polar surface area (TPSA) is 93.3 Å². The van der Waals surface area contributed by atoms with Crippen LogP contribution in [0.25, 0.3) is 21.8 Å². The molecule has 158 valence electrons. The summed E-state index contributed by atoms with van der Waals surface area (Å²) in [7, 11) is 0. The monoisotopic (exact) mass is 434 g/mol. The first-order valence-corrected chi connectivity index (χ1v) is 11.1. The molecule has 2 unspecified atom stereocenters. The van der Waals surface area contributed by atoms with Crippen LogP contribution in [0.3, 0.4) is 0 Å². The van der Waals surface area contributed by atoms with Gasteiger partial charge in [-0.3, -0.25) is 5.10 Å². The molecule has 0 amide bonds. The van der Waals surface area contributed by atoms with Crippen molar-refractivity contribution >= 4 is 33.2 Å². The smallest absolute Gasteiger partial charge is 0.211 e. The van der Waals surface area contributed by atoms with Crippen LogP contribution >= 0.6 is 0 Å². The molecule has 0 aliphatic carbocycles. The standard InChI is InChI=1S/C23H22N4O3S/c28-17(14-26(16-18-6-5-11-30-18)31(29)19-12-24-25-13-19)15-27-22-9-3-1-7-20(22)21-8-2-4-10-23(21)27/h1-13,17,28H,14-16H2,(H,24,25). The van der Waals surface area contributed by atoms with Crippen molar-refractivity contribution in [1.29, 1.82) is 0 Å². The third-order valence-corrected chi connectivity index (χ3v) is 6.68. The van der Waals surface area contributed by atoms with Gasteiger partial charge in [0.15, 0.2) is 0 Å². The summed E-state index contributed by atoms with van der Waals surface area (Å²) in [4.78, 5) is 0.551. The Morgan fingerprint density at radius 2 is 1.77 bits per heavy atom. The number of H-pyrrole nitrogens is 1. The van der Waals surface area contributed by atoms with Crippen molar-refractivity contribution in [2.45, 2.75) is 24.1 Å². The van der Waals surface area contributed by atoms with Crippen LogP contribution in [-0.4, -0.2) is 41.4 Å². The van der Waals surface area contributed by atoms with Gasteiger partial charge in [-0.2, -0.15) is 5.10 Å². The van der Waals surface area contributed by atoms with E-state index in [1.54, 1.807) is 22.8 Å². The van der Waals surface area contributed by atoms with Crippen molar-refractivity contribution in [2.24, 2.45) is 0 Å². The molecule has 0 radical (unpaired) electrons. The van der Waals surface area contributed by atoms with Gasteiger partial charge in [-0.25, -0.2) is 0 Å². The van der Waals surface area contributed by atoms with Gasteiger partial charge in [-0.15, -0.1) is 4.31 Å². The van der Waals surface area contributed by atoms with Crippen LogP contribution in [0, 0.1) is 0 Å². The van der Waals surface area contributed by atoms with E-state index in [0.29, 0.717) is 23.7 Å². The number of nitrogens with zero attached hydrogens (tertiary/aromatic N) is 3. The molecule has 0 fully saturated rings. The summed E-state index contributed by atoms with van der Waals surface area (Å²) in [5.41, 5.74) is 2.13. The molecule has 0 aliphatic heterocycles. The number of furan rings is 1. The maximum absolute atomic E-state index is 13.1. The minimum absolute atomic E-state index is 0.208. The van der Waals surface area contributed by atoms with Crippen LogP contribution in [0.2, 0.25) is 0 Å². The highest BCUT2D eigenvalue weighted by Crippen LogP contribution is 2.29. The second-order valence-electron chi connectivity index (χ2n) is 7.38. The summed E-state index contributed by atoms with van der Waals surface area (Å²) in [5.74, 6) is 0.681. The van der Waals surface area contributed by atoms with E-state index in [1.165, 1.54) is 6.20 Å². The summed E-state index contributed by atoms with van der Waals surface area (Å²) in [6.07, 6.45) is 3.97. The Hall–Kier alpha value is -3.04. The Bertz CT molecular complexity index is 1210. The maximum Gasteiger partial charge on any atom is 0.211 e. The van der Waals surface area contributed by atoms with Crippen molar-refractivity contribution in [1.82, 2.24) is 19.1 Å². The summed E-state index contributed by atoms with van der Waals surface area (Å²) in [5, 5.41) is 19.9. The van der Waals surface area contributed by atoms with E-state index in [0.717, 1.165) is 21.8 Å². The molecule has 0 saturated heterocycles. The minimum atomic E-state index is -1.49. The molecule has 31 heavy (non-hydrogen) atoms. The largest absolute Gasteiger partial charge is 0.593 e. The fourth-order valence-corrected chi connectivity index (χ4v) is 5.10. The predicted octanol–water partition coefficient (Wildman–Crippen LogP) is 3.70. The Morgan fingerprint density at radius 1 is 1.06 bits per heavy atom. The predicted molar refractivity (Wildman–Crippen MR) is 120 cm³/mol. The Kier molecular flexibility index (Phi) is 5.52. The van der Waals surface area contributed by atoms with Crippen molar-refractivity contribution in [3.8, 4) is 0 Å². The summed E-state index contributed by atoms with van der Waals surface area (Å²) in [6, 6.07) is 20.0. The number of benzene rings is 2. The zero-order chi connectivity index (χ0) is 21.2. The zero-order valence-electron chi connectivity index (χ0n) is 16.7. The number of aliphatic hydroxyl groups excluding tert-OH is 1. The highest BCUT2D eigenvalue weighted by Gasteiger charge is 2.28. The number of aromatic amines is 1. The van der Waals surface area contributed by atoms with E-state index in [-0.39, 0.29) is 6.54 Å². The van der Waals surface area contributed by atoms with E-state index in [1.807, 2.05) is 30.3 Å². The van der Waals surface area contributed by atoms with Gasteiger partial charge in [-0.1, -0.05) is 36.4 Å². The molecule has 3 aromatic heterocycles. The number of nitrogens with one attached hydrogen (secondary N) is 1. The second-order valence-corrected chi connectivity index (χ2v) is 8.87. The first-order valence-electron chi connectivity index (χ1n) is 10.0. The number of fused-ring (bicyclic) bond motifs is 3. The maximum atomic E-state index is 13.1. The van der Waals surface area contributed by atoms with Gasteiger partial charge in [0.05, 0.1) is 43.0 Å². The fraction of sp³-hybridized carbons (Fsp3) is 0.174. The van der Waals surface area contributed by atoms with Gasteiger partial charge in [0, 0.05) is 21.8 Å². The molecular formula is C23H22N4O3S. The molecule has 2 aromatic carbocycles. The van der Waals surface area contributed by atoms with E-state index < -0.39 is 17.5 Å². The molecule has 0 aliphatic rings. The lowest BCUT2D eigenvalue weighted by atomic mass is 10.2. The highest BCUT2D eigenvalue weighted by atomic mass is 32.2. The van der Waals surface area contributed by atoms with Crippen molar-refractivity contribution < 1.29 is 14.1 Å². The van der Waals surface area contributed by atoms with E-state index in [4.69, 9.17) is 4.42 Å². The highest BCUT2D eigenvalue weighted by molar-refractivity contribution is 7.89. The lowest BCUT2D eigenvalue weighted by Crippen LogP contribution is -2.38. The Balaban J connectivity index is 1.42. The van der Waals surface area contributed by atoms with E-state index in [2.05, 4.69) is 39.0 Å². The Morgan fingerprint density at radius 3 is 2.39 bits per heavy atom. The van der Waals surface area contributed by atoms with Crippen LogP contribution in [0.5, 0.6) is 0 Å². The Labute approximate surface area is 182 Å². The molecule has 5 rings (SSSR count). The SMILES string of the molecule is [O-][S+](c1cn[nH]c1)N(Cc1ccco1)CC(O)Cn1c2ccccc2c2ccccc21. The third kappa shape index (κ3) is 3.98. The summed E-state index contributed by atoms with van der Waals surface area (Å²) < 4.78 is 22.4. The van der Waals surface area contributed by atoms with Gasteiger partial charge < -0.3 is 18.6 Å². The van der Waals surface area contributed by atoms with Crippen molar-refractivity contribution in [2.75, 3.05) is 6.54 Å². The fourth-order valence-electron chi connectivity index (χ4n) is 3.95. The number of para-hydroxylation sites is 2. The minimum Gasteiger partial charge on any atom is -0.593 e. The quantitative estimate of drug-likeness (QED) is 0.363. The second kappa shape index (κ2) is 8.60. The third-order valence-electron chi connectivity index (χ3n) is 5.31. The van der Waals surface area contributed by atoms with Gasteiger partial charge in [0.25, 0.3) is 0 Å². The molecular weight excluding hydrogens is 412 g/mol. The van der Waals surface area contributed by atoms with Gasteiger partial charge in [-0.05, 0) is 24.3 Å². The number of hydrogen-bond acceptors (Lipinski definition) is 5. The van der Waals surface area contributed by atoms with Crippen LogP contribution in [0.15, 0.2) is 88.6 Å². The molecule has 2 N–H and O–H groups in total. The molecule has 7 nitrogen and oxygen atoms in total. The van der Waals surface area contributed by atoms with Gasteiger partial charge in [0.2, 0.25) is 4.90 Å². The number of rotatable bonds is 8. The first kappa shape index (κ1) is 19.9. The van der Waals surface area contributed by atoms with Crippen LogP contribution in [0.4, 0.5) is 0 Å². The van der Waals surface area contributed by atoms with Crippen LogP contribution in [-0.2, 0) is 24.5 Å². The number of aromatic nitrogens is 3. The lowest BCUT2D eigenvalue weighted by molar-refractivity contribution is 0.126. The van der Waals surface area contributed by atoms with Crippen LogP contribution < -0.4 is 0 Å². The molecule has 8 heteroatoms. The van der Waals surface area contributed by atoms with Crippen molar-refractivity contribution in [3.05, 3.63) is 85.1 Å². The lowest BCUT2D eigenvalue weighted by Gasteiger charge is -2.25. The molecule has 2 atom stereocenters. The molecule has 0 bridgehead atoms. The summed E-state index contributed by atoms with van der Waals surface area (Å²) in [6.45, 7) is 0.902. The molecule has 5 aromatic rings. The summed E-state index contributed by atoms with van der Waals surface area (Å²) >= 11 is -1.49. The van der Waals surface area contributed by atoms with Gasteiger partial charge in [0.1, 0.15) is 18.5 Å². The number of hydrogen-bond donors (Lipinski definition) is 2. The normalized spacial score (nSPS) is 13.9. The first-order chi connectivity index (χ1) is 15.2. The number of aliphatic hydroxyl groups is 1. The van der Waals surface area contributed by atoms with Crippen LogP contribution in [0.1, 0.15) is 5.76 Å². The molecule has 0 spiro atoms. The van der Waals surface area contributed by atoms with Gasteiger partial charge >= 0.3 is 0 Å². The zero-order valence-corrected chi connectivity index (χ0v) is 17.5. The molecule has 3 heterocycles. The van der Waals surface area contributed by atoms with Crippen molar-refractivity contribution in [3.63, 3.8) is 0 Å². The molecule has 0 saturated carbocycles. The van der Waals surface area contributed by atoms with E-state index >= 15 is 0 Å². The average Bonchev–Trinajstić information content (AvgIpc) is 3.55. The average molecular weight is 435 g/mol.